The molecule has 6 nitrogen and oxygen atoms in total. The standard InChI is InChI=1S/C10Cl2O6/c11-5-3-1(7(13)17-9(3)15)2-4(6(5)12)10(16)18-8(2)14. The summed E-state index contributed by atoms with van der Waals surface area (Å²) in [5.74, 6) is 0. The van der Waals surface area contributed by atoms with E-state index in [1.54, 1.807) is 0 Å². The van der Waals surface area contributed by atoms with Crippen molar-refractivity contribution in [1.29, 1.82) is 0 Å². The van der Waals surface area contributed by atoms with Crippen LogP contribution in [0.1, 0.15) is 0 Å². The molecule has 0 bridgehead atoms. The van der Waals surface area contributed by atoms with E-state index in [4.69, 9.17) is 23.2 Å². The Balaban J connectivity index is 2.98. The zero-order chi connectivity index (χ0) is 13.2. The van der Waals surface area contributed by atoms with Crippen LogP contribution in [0.5, 0.6) is 0 Å². The fourth-order valence-electron chi connectivity index (χ4n) is 1.85. The SMILES string of the molecule is O=c1oc(=O)c2c1c(Cl)c(Cl)c1c(=O)oc(=O)c12. The smallest absolute Gasteiger partial charge is 0.348 e. The number of hydrogen-bond acceptors (Lipinski definition) is 6. The van der Waals surface area contributed by atoms with Crippen molar-refractivity contribution in [2.24, 2.45) is 0 Å². The Kier molecular flexibility index (Phi) is 2.05. The molecule has 0 amide bonds. The molecule has 2 heterocycles. The molecule has 0 aliphatic carbocycles. The van der Waals surface area contributed by atoms with Crippen LogP contribution in [-0.4, -0.2) is 0 Å². The van der Waals surface area contributed by atoms with Crippen molar-refractivity contribution in [2.75, 3.05) is 0 Å². The highest BCUT2D eigenvalue weighted by Gasteiger charge is 2.25. The zero-order valence-corrected chi connectivity index (χ0v) is 9.72. The fraction of sp³-hybridized carbons (Fsp3) is 0. The number of furan rings is 2. The van der Waals surface area contributed by atoms with E-state index in [-0.39, 0.29) is 31.6 Å². The summed E-state index contributed by atoms with van der Waals surface area (Å²) in [4.78, 5) is 45.8. The average Bonchev–Trinajstić information content (AvgIpc) is 2.73. The van der Waals surface area contributed by atoms with Gasteiger partial charge in [-0.3, -0.25) is 0 Å². The van der Waals surface area contributed by atoms with Crippen LogP contribution in [-0.2, 0) is 0 Å². The Morgan fingerprint density at radius 3 is 1.17 bits per heavy atom. The first kappa shape index (κ1) is 11.2. The first-order chi connectivity index (χ1) is 8.43. The maximum Gasteiger partial charge on any atom is 0.348 e. The number of benzene rings is 1. The van der Waals surface area contributed by atoms with E-state index in [0.29, 0.717) is 0 Å². The van der Waals surface area contributed by atoms with Crippen LogP contribution >= 0.6 is 23.2 Å². The summed E-state index contributed by atoms with van der Waals surface area (Å²) < 4.78 is 8.67. The summed E-state index contributed by atoms with van der Waals surface area (Å²) >= 11 is 11.6. The molecule has 0 atom stereocenters. The molecule has 0 N–H and O–H groups in total. The summed E-state index contributed by atoms with van der Waals surface area (Å²) in [6.07, 6.45) is 0. The van der Waals surface area contributed by atoms with Crippen molar-refractivity contribution >= 4 is 44.7 Å². The lowest BCUT2D eigenvalue weighted by molar-refractivity contribution is 0.497. The zero-order valence-electron chi connectivity index (χ0n) is 8.21. The lowest BCUT2D eigenvalue weighted by atomic mass is 10.1. The van der Waals surface area contributed by atoms with Crippen LogP contribution in [0.25, 0.3) is 21.5 Å². The molecule has 0 radical (unpaired) electrons. The molecule has 0 unspecified atom stereocenters. The Morgan fingerprint density at radius 1 is 0.556 bits per heavy atom. The second-order valence-corrected chi connectivity index (χ2v) is 4.24. The number of rotatable bonds is 0. The minimum absolute atomic E-state index is 0.312. The molecular formula is C10Cl2O6. The number of halogens is 2. The number of fused-ring (bicyclic) bond motifs is 3. The molecular weight excluding hydrogens is 287 g/mol. The van der Waals surface area contributed by atoms with Crippen LogP contribution in [0, 0.1) is 0 Å². The third-order valence-corrected chi connectivity index (χ3v) is 3.42. The van der Waals surface area contributed by atoms with Gasteiger partial charge in [0.15, 0.2) is 0 Å². The molecule has 2 aromatic heterocycles. The van der Waals surface area contributed by atoms with E-state index < -0.39 is 22.5 Å². The Labute approximate surface area is 106 Å². The van der Waals surface area contributed by atoms with Crippen molar-refractivity contribution < 1.29 is 8.83 Å². The van der Waals surface area contributed by atoms with Gasteiger partial charge < -0.3 is 8.83 Å². The third kappa shape index (κ3) is 1.13. The predicted octanol–water partition coefficient (Wildman–Crippen LogP) is 0.802. The third-order valence-electron chi connectivity index (χ3n) is 2.57. The highest BCUT2D eigenvalue weighted by atomic mass is 35.5. The molecule has 0 saturated carbocycles. The van der Waals surface area contributed by atoms with Crippen molar-refractivity contribution in [3.05, 3.63) is 51.7 Å². The molecule has 1 aromatic carbocycles. The fourth-order valence-corrected chi connectivity index (χ4v) is 2.39. The van der Waals surface area contributed by atoms with Gasteiger partial charge in [0.05, 0.1) is 31.6 Å². The van der Waals surface area contributed by atoms with E-state index in [1.807, 2.05) is 0 Å². The highest BCUT2D eigenvalue weighted by molar-refractivity contribution is 6.49. The van der Waals surface area contributed by atoms with Gasteiger partial charge in [-0.2, -0.15) is 0 Å². The van der Waals surface area contributed by atoms with Gasteiger partial charge in [0.1, 0.15) is 0 Å². The quantitative estimate of drug-likeness (QED) is 0.607. The molecule has 3 aromatic rings. The first-order valence-corrected chi connectivity index (χ1v) is 5.27. The van der Waals surface area contributed by atoms with Crippen molar-refractivity contribution in [3.63, 3.8) is 0 Å². The summed E-state index contributed by atoms with van der Waals surface area (Å²) in [5.41, 5.74) is -4.15. The maximum absolute atomic E-state index is 11.5. The largest absolute Gasteiger partial charge is 0.386 e. The molecule has 8 heteroatoms. The maximum atomic E-state index is 11.5. The van der Waals surface area contributed by atoms with Crippen molar-refractivity contribution in [3.8, 4) is 0 Å². The Hall–Kier alpha value is -1.92. The van der Waals surface area contributed by atoms with Crippen LogP contribution < -0.4 is 22.5 Å². The Morgan fingerprint density at radius 2 is 0.833 bits per heavy atom. The second kappa shape index (κ2) is 3.30. The normalized spacial score (nSPS) is 11.7. The van der Waals surface area contributed by atoms with Gasteiger partial charge in [-0.15, -0.1) is 0 Å². The first-order valence-electron chi connectivity index (χ1n) is 4.51. The summed E-state index contributed by atoms with van der Waals surface area (Å²) in [6, 6.07) is 0. The van der Waals surface area contributed by atoms with Crippen LogP contribution in [0.3, 0.4) is 0 Å². The van der Waals surface area contributed by atoms with Crippen LogP contribution in [0.2, 0.25) is 10.0 Å². The van der Waals surface area contributed by atoms with Crippen LogP contribution in [0.15, 0.2) is 28.0 Å². The summed E-state index contributed by atoms with van der Waals surface area (Å²) in [6.45, 7) is 0. The topological polar surface area (TPSA) is 94.6 Å². The van der Waals surface area contributed by atoms with Gasteiger partial charge in [-0.25, -0.2) is 19.2 Å². The highest BCUT2D eigenvalue weighted by Crippen LogP contribution is 2.33. The van der Waals surface area contributed by atoms with Gasteiger partial charge >= 0.3 is 22.5 Å². The summed E-state index contributed by atoms with van der Waals surface area (Å²) in [5, 5.41) is -2.02. The molecule has 0 aliphatic heterocycles. The minimum Gasteiger partial charge on any atom is -0.386 e. The molecule has 0 saturated heterocycles. The van der Waals surface area contributed by atoms with E-state index in [0.717, 1.165) is 0 Å². The van der Waals surface area contributed by atoms with Gasteiger partial charge in [-0.05, 0) is 0 Å². The van der Waals surface area contributed by atoms with Gasteiger partial charge in [0, 0.05) is 0 Å². The van der Waals surface area contributed by atoms with Crippen LogP contribution in [0.4, 0.5) is 0 Å². The van der Waals surface area contributed by atoms with Gasteiger partial charge in [0.2, 0.25) is 0 Å². The van der Waals surface area contributed by atoms with Crippen molar-refractivity contribution in [2.45, 2.75) is 0 Å². The predicted molar refractivity (Wildman–Crippen MR) is 63.5 cm³/mol. The van der Waals surface area contributed by atoms with E-state index >= 15 is 0 Å². The average molecular weight is 287 g/mol. The molecule has 3 rings (SSSR count). The molecule has 0 aliphatic rings. The van der Waals surface area contributed by atoms with Gasteiger partial charge in [0.25, 0.3) is 0 Å². The molecule has 0 fully saturated rings. The van der Waals surface area contributed by atoms with E-state index in [9.17, 15) is 19.2 Å². The second-order valence-electron chi connectivity index (χ2n) is 3.48. The molecule has 0 spiro atoms. The summed E-state index contributed by atoms with van der Waals surface area (Å²) in [7, 11) is 0. The molecule has 18 heavy (non-hydrogen) atoms. The Bertz CT molecular complexity index is 932. The lowest BCUT2D eigenvalue weighted by Gasteiger charge is -1.95. The van der Waals surface area contributed by atoms with Gasteiger partial charge in [-0.1, -0.05) is 23.2 Å². The monoisotopic (exact) mass is 286 g/mol. The lowest BCUT2D eigenvalue weighted by Crippen LogP contribution is -1.99. The molecule has 90 valence electrons. The minimum atomic E-state index is -1.06. The van der Waals surface area contributed by atoms with Crippen molar-refractivity contribution in [1.82, 2.24) is 0 Å². The number of hydrogen-bond donors (Lipinski definition) is 0. The van der Waals surface area contributed by atoms with E-state index in [1.165, 1.54) is 0 Å². The van der Waals surface area contributed by atoms with E-state index in [2.05, 4.69) is 8.83 Å².